The summed E-state index contributed by atoms with van der Waals surface area (Å²) in [6.07, 6.45) is 5.06. The first-order valence-corrected chi connectivity index (χ1v) is 12.0. The maximum absolute atomic E-state index is 12.7. The number of amides is 1. The number of anilines is 1. The molecule has 0 unspecified atom stereocenters. The molecule has 172 valence electrons. The van der Waals surface area contributed by atoms with Gasteiger partial charge in [-0.25, -0.2) is 4.79 Å². The van der Waals surface area contributed by atoms with Gasteiger partial charge in [-0.15, -0.1) is 11.3 Å². The van der Waals surface area contributed by atoms with E-state index in [-0.39, 0.29) is 12.5 Å². The summed E-state index contributed by atoms with van der Waals surface area (Å²) in [5.74, 6) is 0.0347. The van der Waals surface area contributed by atoms with Gasteiger partial charge in [-0.2, -0.15) is 0 Å². The third-order valence-electron chi connectivity index (χ3n) is 4.96. The van der Waals surface area contributed by atoms with Crippen LogP contribution < -0.4 is 10.1 Å². The molecule has 0 aliphatic heterocycles. The fourth-order valence-electron chi connectivity index (χ4n) is 3.21. The highest BCUT2D eigenvalue weighted by molar-refractivity contribution is 7.15. The summed E-state index contributed by atoms with van der Waals surface area (Å²) in [6.45, 7) is 6.85. The van der Waals surface area contributed by atoms with E-state index in [0.29, 0.717) is 17.2 Å². The van der Waals surface area contributed by atoms with Gasteiger partial charge in [-0.1, -0.05) is 50.2 Å². The number of benzene rings is 2. The van der Waals surface area contributed by atoms with Gasteiger partial charge >= 0.3 is 5.97 Å². The number of ether oxygens (including phenoxy) is 2. The highest BCUT2D eigenvalue weighted by Gasteiger charge is 2.22. The predicted octanol–water partition coefficient (Wildman–Crippen LogP) is 6.59. The van der Waals surface area contributed by atoms with E-state index in [4.69, 9.17) is 9.47 Å². The molecule has 0 saturated carbocycles. The molecule has 3 rings (SSSR count). The smallest absolute Gasteiger partial charge is 0.341 e. The van der Waals surface area contributed by atoms with Crippen molar-refractivity contribution in [1.82, 2.24) is 0 Å². The van der Waals surface area contributed by atoms with E-state index in [1.807, 2.05) is 53.9 Å². The molecule has 1 heterocycles. The van der Waals surface area contributed by atoms with Crippen molar-refractivity contribution in [2.45, 2.75) is 33.6 Å². The minimum Gasteiger partial charge on any atom is -0.494 e. The van der Waals surface area contributed by atoms with Crippen molar-refractivity contribution in [3.63, 3.8) is 0 Å². The topological polar surface area (TPSA) is 64.6 Å². The molecule has 6 heteroatoms. The van der Waals surface area contributed by atoms with Crippen molar-refractivity contribution in [3.8, 4) is 16.9 Å². The second-order valence-corrected chi connectivity index (χ2v) is 8.24. The molecule has 33 heavy (non-hydrogen) atoms. The van der Waals surface area contributed by atoms with Gasteiger partial charge in [0.2, 0.25) is 5.91 Å². The van der Waals surface area contributed by atoms with Crippen LogP contribution in [0, 0.1) is 0 Å². The molecule has 0 fully saturated rings. The number of carbonyl (C=O) groups excluding carboxylic acids is 2. The Bertz CT molecular complexity index is 1100. The van der Waals surface area contributed by atoms with E-state index in [1.165, 1.54) is 23.0 Å². The van der Waals surface area contributed by atoms with Crippen LogP contribution >= 0.6 is 11.3 Å². The number of carbonyl (C=O) groups is 2. The lowest BCUT2D eigenvalue weighted by atomic mass is 10.0. The van der Waals surface area contributed by atoms with Gasteiger partial charge in [0.25, 0.3) is 0 Å². The Morgan fingerprint density at radius 3 is 2.36 bits per heavy atom. The van der Waals surface area contributed by atoms with E-state index in [9.17, 15) is 9.59 Å². The third kappa shape index (κ3) is 6.56. The van der Waals surface area contributed by atoms with Crippen LogP contribution in [0.3, 0.4) is 0 Å². The average Bonchev–Trinajstić information content (AvgIpc) is 3.25. The number of hydrogen-bond acceptors (Lipinski definition) is 5. The molecule has 1 aromatic heterocycles. The van der Waals surface area contributed by atoms with Crippen molar-refractivity contribution in [3.05, 3.63) is 76.7 Å². The van der Waals surface area contributed by atoms with E-state index >= 15 is 0 Å². The summed E-state index contributed by atoms with van der Waals surface area (Å²) >= 11 is 1.31. The monoisotopic (exact) mass is 463 g/mol. The first-order valence-electron chi connectivity index (χ1n) is 11.2. The van der Waals surface area contributed by atoms with Gasteiger partial charge < -0.3 is 14.8 Å². The Morgan fingerprint density at radius 2 is 1.73 bits per heavy atom. The van der Waals surface area contributed by atoms with Crippen molar-refractivity contribution < 1.29 is 19.1 Å². The van der Waals surface area contributed by atoms with Gasteiger partial charge in [-0.3, -0.25) is 4.79 Å². The largest absolute Gasteiger partial charge is 0.494 e. The predicted molar refractivity (Wildman–Crippen MR) is 135 cm³/mol. The molecule has 0 atom stereocenters. The summed E-state index contributed by atoms with van der Waals surface area (Å²) in [7, 11) is 0. The Balaban J connectivity index is 1.77. The van der Waals surface area contributed by atoms with E-state index in [0.717, 1.165) is 35.3 Å². The Hall–Kier alpha value is -3.38. The molecule has 1 N–H and O–H groups in total. The summed E-state index contributed by atoms with van der Waals surface area (Å²) in [6, 6.07) is 15.6. The van der Waals surface area contributed by atoms with Gasteiger partial charge in [-0.05, 0) is 54.7 Å². The van der Waals surface area contributed by atoms with E-state index in [1.54, 1.807) is 13.0 Å². The molecule has 0 saturated heterocycles. The summed E-state index contributed by atoms with van der Waals surface area (Å²) in [4.78, 5) is 25.3. The molecule has 2 aromatic carbocycles. The van der Waals surface area contributed by atoms with Gasteiger partial charge in [0.1, 0.15) is 16.3 Å². The number of hydrogen-bond donors (Lipinski definition) is 1. The molecule has 0 bridgehead atoms. The normalized spacial score (nSPS) is 10.9. The minimum atomic E-state index is -0.449. The van der Waals surface area contributed by atoms with Crippen molar-refractivity contribution in [2.75, 3.05) is 18.5 Å². The lowest BCUT2D eigenvalue weighted by molar-refractivity contribution is -0.111. The summed E-state index contributed by atoms with van der Waals surface area (Å²) < 4.78 is 10.8. The van der Waals surface area contributed by atoms with Crippen molar-refractivity contribution in [2.24, 2.45) is 0 Å². The van der Waals surface area contributed by atoms with Crippen LogP contribution in [0.25, 0.3) is 17.2 Å². The quantitative estimate of drug-likeness (QED) is 0.272. The summed E-state index contributed by atoms with van der Waals surface area (Å²) in [5, 5.41) is 5.19. The highest BCUT2D eigenvalue weighted by Crippen LogP contribution is 2.36. The van der Waals surface area contributed by atoms with Crippen molar-refractivity contribution in [1.29, 1.82) is 0 Å². The fraction of sp³-hybridized carbons (Fsp3) is 0.259. The van der Waals surface area contributed by atoms with Crippen LogP contribution in [0.1, 0.15) is 48.7 Å². The molecular formula is C27H29NO4S. The molecule has 0 radical (unpaired) electrons. The fourth-order valence-corrected chi connectivity index (χ4v) is 4.17. The Morgan fingerprint density at radius 1 is 1.00 bits per heavy atom. The van der Waals surface area contributed by atoms with Crippen LogP contribution in [0.4, 0.5) is 5.00 Å². The average molecular weight is 464 g/mol. The third-order valence-corrected chi connectivity index (χ3v) is 5.86. The zero-order chi connectivity index (χ0) is 23.6. The molecule has 0 spiro atoms. The molecule has 0 aliphatic carbocycles. The number of thiophene rings is 1. The lowest BCUT2D eigenvalue weighted by Gasteiger charge is -2.08. The van der Waals surface area contributed by atoms with Gasteiger partial charge in [0.05, 0.1) is 13.2 Å². The minimum absolute atomic E-state index is 0.258. The first kappa shape index (κ1) is 24.3. The molecule has 0 aliphatic rings. The molecular weight excluding hydrogens is 434 g/mol. The van der Waals surface area contributed by atoms with E-state index in [2.05, 4.69) is 19.2 Å². The second-order valence-electron chi connectivity index (χ2n) is 7.36. The number of nitrogens with one attached hydrogen (secondary N) is 1. The van der Waals surface area contributed by atoms with Crippen LogP contribution in [-0.4, -0.2) is 25.1 Å². The van der Waals surface area contributed by atoms with Crippen LogP contribution in [0.15, 0.2) is 60.0 Å². The van der Waals surface area contributed by atoms with Gasteiger partial charge in [0, 0.05) is 17.0 Å². The van der Waals surface area contributed by atoms with Gasteiger partial charge in [0.15, 0.2) is 0 Å². The zero-order valence-corrected chi connectivity index (χ0v) is 20.0. The standard InChI is InChI=1S/C27H29NO4S/c1-4-17-32-22-14-9-20(10-15-22)11-16-24(29)28-26-25(27(30)31-6-3)23(18-33-26)21-12-7-19(5-2)8-13-21/h7-16,18H,4-6,17H2,1-3H3,(H,28,29)/b16-11+. The second kappa shape index (κ2) is 12.0. The van der Waals surface area contributed by atoms with E-state index < -0.39 is 5.97 Å². The maximum Gasteiger partial charge on any atom is 0.341 e. The van der Waals surface area contributed by atoms with Crippen molar-refractivity contribution >= 4 is 34.3 Å². The first-order chi connectivity index (χ1) is 16.0. The molecule has 5 nitrogen and oxygen atoms in total. The highest BCUT2D eigenvalue weighted by atomic mass is 32.1. The Labute approximate surface area is 199 Å². The zero-order valence-electron chi connectivity index (χ0n) is 19.2. The van der Waals surface area contributed by atoms with Crippen LogP contribution in [0.5, 0.6) is 5.75 Å². The number of aryl methyl sites for hydroxylation is 1. The molecule has 3 aromatic rings. The Kier molecular flexibility index (Phi) is 8.84. The summed E-state index contributed by atoms with van der Waals surface area (Å²) in [5.41, 5.74) is 4.14. The lowest BCUT2D eigenvalue weighted by Crippen LogP contribution is -2.12. The van der Waals surface area contributed by atoms with Crippen LogP contribution in [-0.2, 0) is 16.0 Å². The molecule has 1 amide bonds. The van der Waals surface area contributed by atoms with Crippen LogP contribution in [0.2, 0.25) is 0 Å². The number of esters is 1. The number of rotatable bonds is 10. The SMILES string of the molecule is CCCOc1ccc(/C=C/C(=O)Nc2scc(-c3ccc(CC)cc3)c2C(=O)OCC)cc1. The maximum atomic E-state index is 12.7.